The van der Waals surface area contributed by atoms with E-state index < -0.39 is 5.91 Å². The third-order valence-corrected chi connectivity index (χ3v) is 4.65. The van der Waals surface area contributed by atoms with Crippen molar-refractivity contribution in [3.05, 3.63) is 75.5 Å². The van der Waals surface area contributed by atoms with Crippen molar-refractivity contribution >= 4 is 45.6 Å². The number of aryl methyl sites for hydroxylation is 1. The average molecular weight is 374 g/mol. The predicted molar refractivity (Wildman–Crippen MR) is 99.2 cm³/mol. The summed E-state index contributed by atoms with van der Waals surface area (Å²) in [5.74, 6) is -0.792. The fourth-order valence-electron chi connectivity index (χ4n) is 2.00. The molecule has 3 rings (SSSR count). The number of amides is 1. The molecule has 0 unspecified atom stereocenters. The third-order valence-electron chi connectivity index (χ3n) is 3.30. The van der Waals surface area contributed by atoms with Gasteiger partial charge in [-0.25, -0.2) is 4.39 Å². The molecule has 25 heavy (non-hydrogen) atoms. The van der Waals surface area contributed by atoms with Gasteiger partial charge in [-0.2, -0.15) is 0 Å². The first kappa shape index (κ1) is 17.3. The highest BCUT2D eigenvalue weighted by atomic mass is 35.5. The molecule has 0 bridgehead atoms. The summed E-state index contributed by atoms with van der Waals surface area (Å²) >= 11 is 7.36. The Bertz CT molecular complexity index is 920. The highest BCUT2D eigenvalue weighted by Gasteiger charge is 2.14. The number of aromatic nitrogens is 2. The first-order chi connectivity index (χ1) is 12.0. The van der Waals surface area contributed by atoms with Crippen molar-refractivity contribution in [2.75, 3.05) is 5.32 Å². The molecule has 0 fully saturated rings. The molecule has 0 spiro atoms. The van der Waals surface area contributed by atoms with Crippen molar-refractivity contribution in [2.24, 2.45) is 0 Å². The summed E-state index contributed by atoms with van der Waals surface area (Å²) in [5.41, 5.74) is 2.57. The lowest BCUT2D eigenvalue weighted by molar-refractivity contribution is 0.102. The summed E-state index contributed by atoms with van der Waals surface area (Å²) < 4.78 is 12.9. The van der Waals surface area contributed by atoms with E-state index in [2.05, 4.69) is 15.5 Å². The molecule has 0 radical (unpaired) electrons. The average Bonchev–Trinajstić information content (AvgIpc) is 3.09. The van der Waals surface area contributed by atoms with Gasteiger partial charge in [0.15, 0.2) is 5.01 Å². The quantitative estimate of drug-likeness (QED) is 0.702. The lowest BCUT2D eigenvalue weighted by atomic mass is 10.1. The number of benzene rings is 2. The smallest absolute Gasteiger partial charge is 0.286 e. The van der Waals surface area contributed by atoms with Crippen molar-refractivity contribution < 1.29 is 9.18 Å². The van der Waals surface area contributed by atoms with Crippen LogP contribution in [0.5, 0.6) is 0 Å². The number of nitrogens with zero attached hydrogens (tertiary/aromatic N) is 2. The van der Waals surface area contributed by atoms with E-state index in [0.717, 1.165) is 22.5 Å². The van der Waals surface area contributed by atoms with Gasteiger partial charge < -0.3 is 5.32 Å². The van der Waals surface area contributed by atoms with Crippen LogP contribution in [0.3, 0.4) is 0 Å². The Morgan fingerprint density at radius 3 is 2.40 bits per heavy atom. The van der Waals surface area contributed by atoms with Gasteiger partial charge in [-0.1, -0.05) is 52.8 Å². The van der Waals surface area contributed by atoms with E-state index in [1.807, 2.05) is 31.2 Å². The number of hydrogen-bond acceptors (Lipinski definition) is 4. The van der Waals surface area contributed by atoms with E-state index in [0.29, 0.717) is 15.7 Å². The molecule has 0 atom stereocenters. The Morgan fingerprint density at radius 2 is 1.72 bits per heavy atom. The fraction of sp³-hybridized carbons (Fsp3) is 0.0556. The van der Waals surface area contributed by atoms with Gasteiger partial charge in [0.25, 0.3) is 5.91 Å². The Balaban J connectivity index is 1.73. The standard InChI is InChI=1S/C18H13ClFN3OS/c1-11-2-4-12(5-3-11)10-15(19)17-22-23-18(25-17)16(24)21-14-8-6-13(20)7-9-14/h2-10H,1H3,(H,21,24). The van der Waals surface area contributed by atoms with Crippen LogP contribution in [0.15, 0.2) is 48.5 Å². The molecule has 7 heteroatoms. The predicted octanol–water partition coefficient (Wildman–Crippen LogP) is 4.97. The molecule has 0 aliphatic carbocycles. The maximum Gasteiger partial charge on any atom is 0.286 e. The van der Waals surface area contributed by atoms with Crippen LogP contribution in [0, 0.1) is 12.7 Å². The van der Waals surface area contributed by atoms with E-state index >= 15 is 0 Å². The van der Waals surface area contributed by atoms with Crippen molar-refractivity contribution in [1.29, 1.82) is 0 Å². The minimum absolute atomic E-state index is 0.176. The molecule has 0 saturated heterocycles. The molecule has 1 amide bonds. The lowest BCUT2D eigenvalue weighted by Gasteiger charge is -2.01. The van der Waals surface area contributed by atoms with Crippen molar-refractivity contribution in [3.63, 3.8) is 0 Å². The molecular weight excluding hydrogens is 361 g/mol. The number of hydrogen-bond donors (Lipinski definition) is 1. The lowest BCUT2D eigenvalue weighted by Crippen LogP contribution is -2.11. The SMILES string of the molecule is Cc1ccc(C=C(Cl)c2nnc(C(=O)Nc3ccc(F)cc3)s2)cc1. The summed E-state index contributed by atoms with van der Waals surface area (Å²) in [7, 11) is 0. The molecule has 3 aromatic rings. The van der Waals surface area contributed by atoms with Gasteiger partial charge in [-0.15, -0.1) is 10.2 Å². The number of carbonyl (C=O) groups is 1. The highest BCUT2D eigenvalue weighted by molar-refractivity contribution is 7.15. The Morgan fingerprint density at radius 1 is 1.08 bits per heavy atom. The summed E-state index contributed by atoms with van der Waals surface area (Å²) in [4.78, 5) is 12.2. The van der Waals surface area contributed by atoms with Gasteiger partial charge >= 0.3 is 0 Å². The Labute approximate surface area is 153 Å². The van der Waals surface area contributed by atoms with Crippen molar-refractivity contribution in [2.45, 2.75) is 6.92 Å². The topological polar surface area (TPSA) is 54.9 Å². The zero-order valence-electron chi connectivity index (χ0n) is 13.2. The van der Waals surface area contributed by atoms with Gasteiger partial charge in [0.2, 0.25) is 5.01 Å². The van der Waals surface area contributed by atoms with Crippen LogP contribution in [0.4, 0.5) is 10.1 Å². The number of halogens is 2. The summed E-state index contributed by atoms with van der Waals surface area (Å²) in [5, 5.41) is 11.5. The molecule has 0 aliphatic rings. The largest absolute Gasteiger partial charge is 0.320 e. The van der Waals surface area contributed by atoms with Crippen LogP contribution in [0.25, 0.3) is 11.1 Å². The Hall–Kier alpha value is -2.57. The molecule has 126 valence electrons. The molecule has 4 nitrogen and oxygen atoms in total. The van der Waals surface area contributed by atoms with Crippen molar-refractivity contribution in [3.8, 4) is 0 Å². The van der Waals surface area contributed by atoms with Crippen LogP contribution >= 0.6 is 22.9 Å². The molecular formula is C18H13ClFN3OS. The Kier molecular flexibility index (Phi) is 5.21. The number of nitrogens with one attached hydrogen (secondary N) is 1. The fourth-order valence-corrected chi connectivity index (χ4v) is 2.93. The molecule has 2 aromatic carbocycles. The van der Waals surface area contributed by atoms with Crippen molar-refractivity contribution in [1.82, 2.24) is 10.2 Å². The second kappa shape index (κ2) is 7.55. The second-order valence-corrected chi connectivity index (χ2v) is 6.66. The minimum atomic E-state index is -0.421. The maximum atomic E-state index is 12.9. The zero-order chi connectivity index (χ0) is 17.8. The molecule has 0 aliphatic heterocycles. The van der Waals surface area contributed by atoms with E-state index in [4.69, 9.17) is 11.6 Å². The second-order valence-electron chi connectivity index (χ2n) is 5.28. The van der Waals surface area contributed by atoms with Gasteiger partial charge in [0.1, 0.15) is 5.82 Å². The van der Waals surface area contributed by atoms with E-state index in [9.17, 15) is 9.18 Å². The van der Waals surface area contributed by atoms with Crippen LogP contribution in [-0.4, -0.2) is 16.1 Å². The van der Waals surface area contributed by atoms with Gasteiger partial charge in [0, 0.05) is 5.69 Å². The third kappa shape index (κ3) is 4.49. The molecule has 1 aromatic heterocycles. The molecule has 0 saturated carbocycles. The molecule has 1 N–H and O–H groups in total. The summed E-state index contributed by atoms with van der Waals surface area (Å²) in [6.07, 6.45) is 1.77. The first-order valence-corrected chi connectivity index (χ1v) is 8.55. The van der Waals surface area contributed by atoms with E-state index in [1.54, 1.807) is 6.08 Å². The minimum Gasteiger partial charge on any atom is -0.320 e. The van der Waals surface area contributed by atoms with Crippen LogP contribution in [0.1, 0.15) is 25.9 Å². The normalized spacial score (nSPS) is 11.4. The van der Waals surface area contributed by atoms with Gasteiger partial charge in [0.05, 0.1) is 5.03 Å². The highest BCUT2D eigenvalue weighted by Crippen LogP contribution is 2.25. The van der Waals surface area contributed by atoms with E-state index in [1.165, 1.54) is 24.3 Å². The maximum absolute atomic E-state index is 12.9. The van der Waals surface area contributed by atoms with Gasteiger partial charge in [-0.3, -0.25) is 4.79 Å². The first-order valence-electron chi connectivity index (χ1n) is 7.36. The monoisotopic (exact) mass is 373 g/mol. The molecule has 1 heterocycles. The number of rotatable bonds is 4. The van der Waals surface area contributed by atoms with Crippen LogP contribution < -0.4 is 5.32 Å². The zero-order valence-corrected chi connectivity index (χ0v) is 14.7. The van der Waals surface area contributed by atoms with E-state index in [-0.39, 0.29) is 10.8 Å². The summed E-state index contributed by atoms with van der Waals surface area (Å²) in [6.45, 7) is 2.01. The van der Waals surface area contributed by atoms with Crippen LogP contribution in [0.2, 0.25) is 0 Å². The van der Waals surface area contributed by atoms with Crippen LogP contribution in [-0.2, 0) is 0 Å². The summed E-state index contributed by atoms with van der Waals surface area (Å²) in [6, 6.07) is 13.3. The number of carbonyl (C=O) groups excluding carboxylic acids is 1. The number of anilines is 1. The van der Waals surface area contributed by atoms with Gasteiger partial charge in [-0.05, 0) is 42.8 Å².